The smallest absolute Gasteiger partial charge is 0.263 e. The number of thiazole rings is 1. The van der Waals surface area contributed by atoms with Gasteiger partial charge in [-0.1, -0.05) is 30.3 Å². The maximum absolute atomic E-state index is 12.8. The van der Waals surface area contributed by atoms with Gasteiger partial charge < -0.3 is 14.8 Å². The van der Waals surface area contributed by atoms with E-state index in [0.717, 1.165) is 5.75 Å². The van der Waals surface area contributed by atoms with Crippen LogP contribution in [-0.2, 0) is 10.0 Å². The van der Waals surface area contributed by atoms with Gasteiger partial charge in [0.05, 0.1) is 10.5 Å². The van der Waals surface area contributed by atoms with Crippen LogP contribution in [0.5, 0.6) is 11.5 Å². The Bertz CT molecular complexity index is 1450. The van der Waals surface area contributed by atoms with E-state index in [4.69, 9.17) is 21.7 Å². The van der Waals surface area contributed by atoms with Crippen LogP contribution in [0.25, 0.3) is 0 Å². The quantitative estimate of drug-likeness (QED) is 0.193. The molecule has 1 amide bonds. The summed E-state index contributed by atoms with van der Waals surface area (Å²) < 4.78 is 38.7. The molecule has 1 heterocycles. The minimum atomic E-state index is -3.77. The summed E-state index contributed by atoms with van der Waals surface area (Å²) in [5.41, 5.74) is 0.808. The van der Waals surface area contributed by atoms with E-state index in [0.29, 0.717) is 23.6 Å². The number of nitrogens with zero attached hydrogens (tertiary/aromatic N) is 1. The van der Waals surface area contributed by atoms with Gasteiger partial charge in [-0.3, -0.25) is 14.8 Å². The van der Waals surface area contributed by atoms with Crippen molar-refractivity contribution in [2.45, 2.75) is 4.90 Å². The van der Waals surface area contributed by atoms with Crippen molar-refractivity contribution in [2.24, 2.45) is 0 Å². The molecule has 0 aliphatic rings. The van der Waals surface area contributed by atoms with Gasteiger partial charge in [-0.2, -0.15) is 0 Å². The Labute approximate surface area is 223 Å². The number of hydrogen-bond donors (Lipinski definition) is 3. The molecule has 0 aliphatic carbocycles. The zero-order valence-corrected chi connectivity index (χ0v) is 21.7. The van der Waals surface area contributed by atoms with Crippen LogP contribution in [0.1, 0.15) is 10.4 Å². The molecule has 0 atom stereocenters. The molecule has 0 radical (unpaired) electrons. The third-order valence-corrected chi connectivity index (χ3v) is 7.16. The molecular weight excluding hydrogens is 532 g/mol. The van der Waals surface area contributed by atoms with Crippen LogP contribution in [0.15, 0.2) is 95.3 Å². The van der Waals surface area contributed by atoms with E-state index >= 15 is 0 Å². The third-order valence-electron chi connectivity index (χ3n) is 4.79. The number of rotatable bonds is 10. The molecule has 190 valence electrons. The second kappa shape index (κ2) is 12.3. The van der Waals surface area contributed by atoms with Crippen molar-refractivity contribution in [2.75, 3.05) is 23.3 Å². The molecule has 0 saturated carbocycles. The van der Waals surface area contributed by atoms with Gasteiger partial charge in [0.2, 0.25) is 0 Å². The fourth-order valence-corrected chi connectivity index (χ4v) is 5.11. The van der Waals surface area contributed by atoms with Crippen LogP contribution in [0.2, 0.25) is 0 Å². The van der Waals surface area contributed by atoms with Crippen molar-refractivity contribution in [3.05, 3.63) is 96.0 Å². The normalized spacial score (nSPS) is 10.8. The van der Waals surface area contributed by atoms with Gasteiger partial charge >= 0.3 is 0 Å². The maximum Gasteiger partial charge on any atom is 0.263 e. The molecule has 0 bridgehead atoms. The number of carbonyl (C=O) groups excluding carboxylic acids is 1. The van der Waals surface area contributed by atoms with Gasteiger partial charge in [0, 0.05) is 17.3 Å². The summed E-state index contributed by atoms with van der Waals surface area (Å²) in [6.07, 6.45) is 1.51. The first-order chi connectivity index (χ1) is 17.9. The number of sulfonamides is 1. The average Bonchev–Trinajstić information content (AvgIpc) is 3.40. The molecule has 0 saturated heterocycles. The standard InChI is InChI=1S/C25H22N4O5S3/c30-23(21-8-4-5-9-22(21)34-16-15-33-19-6-2-1-3-7-19)28-24(35)27-18-10-12-20(13-11-18)37(31,32)29-25-26-14-17-36-25/h1-14,17H,15-16H2,(H,26,29)(H2,27,28,30,35). The van der Waals surface area contributed by atoms with Crippen molar-refractivity contribution in [1.82, 2.24) is 10.3 Å². The molecule has 4 aromatic rings. The van der Waals surface area contributed by atoms with E-state index in [2.05, 4.69) is 20.3 Å². The largest absolute Gasteiger partial charge is 0.490 e. The maximum atomic E-state index is 12.8. The Hall–Kier alpha value is -4.00. The Kier molecular flexibility index (Phi) is 8.67. The molecule has 1 aromatic heterocycles. The highest BCUT2D eigenvalue weighted by Gasteiger charge is 2.16. The third kappa shape index (κ3) is 7.49. The number of benzene rings is 3. The molecule has 37 heavy (non-hydrogen) atoms. The highest BCUT2D eigenvalue weighted by Crippen LogP contribution is 2.20. The number of carbonyl (C=O) groups is 1. The lowest BCUT2D eigenvalue weighted by molar-refractivity contribution is 0.0972. The Morgan fingerprint density at radius 2 is 1.62 bits per heavy atom. The van der Waals surface area contributed by atoms with Crippen molar-refractivity contribution in [3.8, 4) is 11.5 Å². The van der Waals surface area contributed by atoms with Crippen LogP contribution in [-0.4, -0.2) is 37.6 Å². The lowest BCUT2D eigenvalue weighted by Gasteiger charge is -2.14. The Balaban J connectivity index is 1.30. The number of nitrogens with one attached hydrogen (secondary N) is 3. The van der Waals surface area contributed by atoms with Gasteiger partial charge in [0.25, 0.3) is 15.9 Å². The molecule has 0 unspecified atom stereocenters. The fraction of sp³-hybridized carbons (Fsp3) is 0.0800. The van der Waals surface area contributed by atoms with E-state index < -0.39 is 15.9 Å². The molecule has 0 spiro atoms. The van der Waals surface area contributed by atoms with E-state index in [-0.39, 0.29) is 21.7 Å². The monoisotopic (exact) mass is 554 g/mol. The summed E-state index contributed by atoms with van der Waals surface area (Å²) in [5, 5.41) is 7.47. The number of aromatic nitrogens is 1. The Morgan fingerprint density at radius 1 is 0.919 bits per heavy atom. The van der Waals surface area contributed by atoms with Gasteiger partial charge in [-0.15, -0.1) is 11.3 Å². The van der Waals surface area contributed by atoms with Crippen molar-refractivity contribution in [1.29, 1.82) is 0 Å². The first-order valence-electron chi connectivity index (χ1n) is 10.9. The molecule has 12 heteroatoms. The summed E-state index contributed by atoms with van der Waals surface area (Å²) in [4.78, 5) is 16.8. The SMILES string of the molecule is O=C(NC(=S)Nc1ccc(S(=O)(=O)Nc2nccs2)cc1)c1ccccc1OCCOc1ccccc1. The summed E-state index contributed by atoms with van der Waals surface area (Å²) in [7, 11) is -3.77. The number of hydrogen-bond acceptors (Lipinski definition) is 8. The molecule has 3 N–H and O–H groups in total. The molecular formula is C25H22N4O5S3. The van der Waals surface area contributed by atoms with Crippen molar-refractivity contribution >= 4 is 55.4 Å². The highest BCUT2D eigenvalue weighted by molar-refractivity contribution is 7.93. The summed E-state index contributed by atoms with van der Waals surface area (Å²) >= 11 is 6.44. The zero-order valence-electron chi connectivity index (χ0n) is 19.3. The lowest BCUT2D eigenvalue weighted by Crippen LogP contribution is -2.34. The minimum absolute atomic E-state index is 0.0451. The highest BCUT2D eigenvalue weighted by atomic mass is 32.2. The minimum Gasteiger partial charge on any atom is -0.490 e. The second-order valence-corrected chi connectivity index (χ2v) is 10.4. The van der Waals surface area contributed by atoms with E-state index in [9.17, 15) is 13.2 Å². The summed E-state index contributed by atoms with van der Waals surface area (Å²) in [6, 6.07) is 22.1. The molecule has 4 rings (SSSR count). The second-order valence-electron chi connectivity index (χ2n) is 7.38. The predicted molar refractivity (Wildman–Crippen MR) is 147 cm³/mol. The van der Waals surface area contributed by atoms with Crippen molar-refractivity contribution in [3.63, 3.8) is 0 Å². The van der Waals surface area contributed by atoms with Crippen LogP contribution in [0.4, 0.5) is 10.8 Å². The molecule has 0 aliphatic heterocycles. The first kappa shape index (κ1) is 26.1. The van der Waals surface area contributed by atoms with Gasteiger partial charge in [0.1, 0.15) is 24.7 Å². The number of anilines is 2. The summed E-state index contributed by atoms with van der Waals surface area (Å²) in [6.45, 7) is 0.555. The van der Waals surface area contributed by atoms with E-state index in [1.165, 1.54) is 29.7 Å². The van der Waals surface area contributed by atoms with Crippen LogP contribution in [0, 0.1) is 0 Å². The molecule has 3 aromatic carbocycles. The van der Waals surface area contributed by atoms with Gasteiger partial charge in [0.15, 0.2) is 10.2 Å². The zero-order chi connectivity index (χ0) is 26.1. The van der Waals surface area contributed by atoms with Gasteiger partial charge in [-0.05, 0) is 60.7 Å². The van der Waals surface area contributed by atoms with Crippen LogP contribution < -0.4 is 24.8 Å². The average molecular weight is 555 g/mol. The number of para-hydroxylation sites is 2. The lowest BCUT2D eigenvalue weighted by atomic mass is 10.2. The predicted octanol–water partition coefficient (Wildman–Crippen LogP) is 4.53. The topological polar surface area (TPSA) is 119 Å². The summed E-state index contributed by atoms with van der Waals surface area (Å²) in [5.74, 6) is 0.667. The van der Waals surface area contributed by atoms with Gasteiger partial charge in [-0.25, -0.2) is 13.4 Å². The Morgan fingerprint density at radius 3 is 2.35 bits per heavy atom. The van der Waals surface area contributed by atoms with Crippen LogP contribution in [0.3, 0.4) is 0 Å². The number of thiocarbonyl (C=S) groups is 1. The number of amides is 1. The van der Waals surface area contributed by atoms with Crippen LogP contribution >= 0.6 is 23.6 Å². The van der Waals surface area contributed by atoms with E-state index in [1.807, 2.05) is 30.3 Å². The van der Waals surface area contributed by atoms with E-state index in [1.54, 1.807) is 41.8 Å². The number of ether oxygens (including phenoxy) is 2. The fourth-order valence-electron chi connectivity index (χ4n) is 3.11. The first-order valence-corrected chi connectivity index (χ1v) is 13.7. The molecule has 0 fully saturated rings. The molecule has 9 nitrogen and oxygen atoms in total. The van der Waals surface area contributed by atoms with Crippen molar-refractivity contribution < 1.29 is 22.7 Å².